The van der Waals surface area contributed by atoms with Gasteiger partial charge in [-0.1, -0.05) is 67.2 Å². The van der Waals surface area contributed by atoms with E-state index in [4.69, 9.17) is 10.2 Å². The maximum absolute atomic E-state index is 11.0. The summed E-state index contributed by atoms with van der Waals surface area (Å²) in [6, 6.07) is 0. The van der Waals surface area contributed by atoms with Crippen LogP contribution in [0, 0.1) is 10.8 Å². The first kappa shape index (κ1) is 25.2. The van der Waals surface area contributed by atoms with E-state index in [2.05, 4.69) is 27.7 Å². The Labute approximate surface area is 149 Å². The van der Waals surface area contributed by atoms with Crippen molar-refractivity contribution in [1.29, 1.82) is 0 Å². The molecule has 0 fully saturated rings. The van der Waals surface area contributed by atoms with E-state index in [0.717, 1.165) is 51.4 Å². The van der Waals surface area contributed by atoms with Crippen molar-refractivity contribution < 1.29 is 19.8 Å². The molecule has 0 unspecified atom stereocenters. The number of aliphatic carboxylic acids is 2. The molecule has 0 aromatic rings. The molecule has 0 saturated heterocycles. The van der Waals surface area contributed by atoms with Crippen LogP contribution in [0.2, 0.25) is 0 Å². The monoisotopic (exact) mass is 344 g/mol. The summed E-state index contributed by atoms with van der Waals surface area (Å²) in [5.74, 6) is -1.30. The average molecular weight is 345 g/mol. The largest absolute Gasteiger partial charge is 0.481 e. The Morgan fingerprint density at radius 2 is 1.33 bits per heavy atom. The molecule has 0 aliphatic rings. The Morgan fingerprint density at radius 3 is 1.67 bits per heavy atom. The zero-order valence-electron chi connectivity index (χ0n) is 16.8. The van der Waals surface area contributed by atoms with Gasteiger partial charge in [0.1, 0.15) is 0 Å². The van der Waals surface area contributed by atoms with Gasteiger partial charge in [-0.05, 0) is 37.5 Å². The van der Waals surface area contributed by atoms with Crippen molar-refractivity contribution in [2.45, 2.75) is 106 Å². The van der Waals surface area contributed by atoms with Crippen LogP contribution in [0.5, 0.6) is 0 Å². The van der Waals surface area contributed by atoms with E-state index < -0.39 is 17.4 Å². The Bertz CT molecular complexity index is 338. The maximum atomic E-state index is 11.0. The minimum absolute atomic E-state index is 0.324. The van der Waals surface area contributed by atoms with Gasteiger partial charge in [-0.2, -0.15) is 0 Å². The summed E-state index contributed by atoms with van der Waals surface area (Å²) in [6.07, 6.45) is 8.95. The SMILES string of the molecule is CC(C)(C)CCCCCC(=O)O.CCCCC(CC)(CC)C(=O)O. The van der Waals surface area contributed by atoms with Crippen LogP contribution in [-0.2, 0) is 9.59 Å². The quantitative estimate of drug-likeness (QED) is 0.442. The van der Waals surface area contributed by atoms with E-state index in [1.54, 1.807) is 0 Å². The minimum atomic E-state index is -0.675. The molecular formula is C20H40O4. The standard InChI is InChI=1S/2C10H20O2/c1-10(2,3)8-6-4-5-7-9(11)12;1-4-7-8-10(5-2,6-3)9(11)12/h2*4-8H2,1-3H3,(H,11,12). The number of carbonyl (C=O) groups is 2. The van der Waals surface area contributed by atoms with Gasteiger partial charge in [0, 0.05) is 6.42 Å². The maximum Gasteiger partial charge on any atom is 0.309 e. The van der Waals surface area contributed by atoms with Gasteiger partial charge < -0.3 is 10.2 Å². The average Bonchev–Trinajstić information content (AvgIpc) is 2.47. The molecule has 0 saturated carbocycles. The topological polar surface area (TPSA) is 74.6 Å². The summed E-state index contributed by atoms with van der Waals surface area (Å²) in [7, 11) is 0. The molecular weight excluding hydrogens is 304 g/mol. The first-order chi connectivity index (χ1) is 11.0. The summed E-state index contributed by atoms with van der Waals surface area (Å²) in [5.41, 5.74) is -0.0563. The predicted molar refractivity (Wildman–Crippen MR) is 100 cm³/mol. The zero-order chi connectivity index (χ0) is 19.2. The molecule has 0 aromatic carbocycles. The van der Waals surface area contributed by atoms with Crippen molar-refractivity contribution in [2.75, 3.05) is 0 Å². The fourth-order valence-electron chi connectivity index (χ4n) is 2.64. The number of carboxylic acids is 2. The Hall–Kier alpha value is -1.06. The summed E-state index contributed by atoms with van der Waals surface area (Å²) >= 11 is 0. The van der Waals surface area contributed by atoms with E-state index in [1.807, 2.05) is 13.8 Å². The van der Waals surface area contributed by atoms with Crippen LogP contribution >= 0.6 is 0 Å². The molecule has 4 nitrogen and oxygen atoms in total. The van der Waals surface area contributed by atoms with Gasteiger partial charge in [0.25, 0.3) is 0 Å². The van der Waals surface area contributed by atoms with E-state index in [1.165, 1.54) is 6.42 Å². The van der Waals surface area contributed by atoms with E-state index >= 15 is 0 Å². The van der Waals surface area contributed by atoms with Gasteiger partial charge in [-0.3, -0.25) is 9.59 Å². The number of carboxylic acid groups (broad SMARTS) is 2. The Balaban J connectivity index is 0. The lowest BCUT2D eigenvalue weighted by Crippen LogP contribution is -2.29. The lowest BCUT2D eigenvalue weighted by Gasteiger charge is -2.26. The van der Waals surface area contributed by atoms with Gasteiger partial charge in [0.05, 0.1) is 5.41 Å². The number of unbranched alkanes of at least 4 members (excludes halogenated alkanes) is 3. The molecule has 0 atom stereocenters. The molecule has 24 heavy (non-hydrogen) atoms. The summed E-state index contributed by atoms with van der Waals surface area (Å²) < 4.78 is 0. The highest BCUT2D eigenvalue weighted by molar-refractivity contribution is 5.74. The van der Waals surface area contributed by atoms with Crippen molar-refractivity contribution in [3.8, 4) is 0 Å². The molecule has 0 bridgehead atoms. The third-order valence-electron chi connectivity index (χ3n) is 4.63. The zero-order valence-corrected chi connectivity index (χ0v) is 16.8. The first-order valence-corrected chi connectivity index (χ1v) is 9.49. The number of rotatable bonds is 11. The highest BCUT2D eigenvalue weighted by Gasteiger charge is 2.33. The summed E-state index contributed by atoms with van der Waals surface area (Å²) in [6.45, 7) is 12.7. The second-order valence-corrected chi connectivity index (χ2v) is 7.91. The number of hydrogen-bond acceptors (Lipinski definition) is 2. The van der Waals surface area contributed by atoms with Crippen LogP contribution in [0.1, 0.15) is 106 Å². The third kappa shape index (κ3) is 13.4. The van der Waals surface area contributed by atoms with Gasteiger partial charge in [0.15, 0.2) is 0 Å². The lowest BCUT2D eigenvalue weighted by atomic mass is 9.78. The molecule has 2 N–H and O–H groups in total. The molecule has 144 valence electrons. The van der Waals surface area contributed by atoms with Crippen LogP contribution in [-0.4, -0.2) is 22.2 Å². The van der Waals surface area contributed by atoms with Crippen molar-refractivity contribution >= 4 is 11.9 Å². The lowest BCUT2D eigenvalue weighted by molar-refractivity contribution is -0.150. The molecule has 0 aliphatic heterocycles. The minimum Gasteiger partial charge on any atom is -0.481 e. The third-order valence-corrected chi connectivity index (χ3v) is 4.63. The molecule has 0 aliphatic carbocycles. The van der Waals surface area contributed by atoms with Crippen LogP contribution in [0.25, 0.3) is 0 Å². The van der Waals surface area contributed by atoms with Crippen molar-refractivity contribution in [3.63, 3.8) is 0 Å². The number of hydrogen-bond donors (Lipinski definition) is 2. The van der Waals surface area contributed by atoms with Gasteiger partial charge in [-0.25, -0.2) is 0 Å². The van der Waals surface area contributed by atoms with Gasteiger partial charge in [0.2, 0.25) is 0 Å². The second-order valence-electron chi connectivity index (χ2n) is 7.91. The molecule has 0 radical (unpaired) electrons. The van der Waals surface area contributed by atoms with Crippen molar-refractivity contribution in [1.82, 2.24) is 0 Å². The Kier molecular flexibility index (Phi) is 13.9. The normalized spacial score (nSPS) is 11.6. The second kappa shape index (κ2) is 13.3. The van der Waals surface area contributed by atoms with Crippen LogP contribution < -0.4 is 0 Å². The highest BCUT2D eigenvalue weighted by Crippen LogP contribution is 2.32. The molecule has 4 heteroatoms. The van der Waals surface area contributed by atoms with Crippen LogP contribution in [0.3, 0.4) is 0 Å². The molecule has 0 rings (SSSR count). The van der Waals surface area contributed by atoms with E-state index in [9.17, 15) is 9.59 Å². The van der Waals surface area contributed by atoms with E-state index in [-0.39, 0.29) is 0 Å². The molecule has 0 amide bonds. The molecule has 0 heterocycles. The molecule has 0 aromatic heterocycles. The summed E-state index contributed by atoms with van der Waals surface area (Å²) in [4.78, 5) is 21.1. The van der Waals surface area contributed by atoms with Crippen LogP contribution in [0.15, 0.2) is 0 Å². The highest BCUT2D eigenvalue weighted by atomic mass is 16.4. The van der Waals surface area contributed by atoms with Crippen LogP contribution in [0.4, 0.5) is 0 Å². The fraction of sp³-hybridized carbons (Fsp3) is 0.900. The van der Waals surface area contributed by atoms with E-state index in [0.29, 0.717) is 11.8 Å². The van der Waals surface area contributed by atoms with Crippen molar-refractivity contribution in [2.24, 2.45) is 10.8 Å². The first-order valence-electron chi connectivity index (χ1n) is 9.49. The van der Waals surface area contributed by atoms with Gasteiger partial charge in [-0.15, -0.1) is 0 Å². The predicted octanol–water partition coefficient (Wildman–Crippen LogP) is 6.14. The van der Waals surface area contributed by atoms with Crippen molar-refractivity contribution in [3.05, 3.63) is 0 Å². The fourth-order valence-corrected chi connectivity index (χ4v) is 2.64. The Morgan fingerprint density at radius 1 is 0.792 bits per heavy atom. The summed E-state index contributed by atoms with van der Waals surface area (Å²) in [5, 5.41) is 17.4. The molecule has 0 spiro atoms. The van der Waals surface area contributed by atoms with Gasteiger partial charge >= 0.3 is 11.9 Å². The smallest absolute Gasteiger partial charge is 0.309 e.